The molecule has 1 unspecified atom stereocenters. The predicted octanol–water partition coefficient (Wildman–Crippen LogP) is 4.69. The Morgan fingerprint density at radius 3 is 2.61 bits per heavy atom. The van der Waals surface area contributed by atoms with E-state index >= 15 is 0 Å². The van der Waals surface area contributed by atoms with Gasteiger partial charge in [0.2, 0.25) is 5.91 Å². The predicted molar refractivity (Wildman–Crippen MR) is 111 cm³/mol. The lowest BCUT2D eigenvalue weighted by molar-refractivity contribution is -0.135. The Kier molecular flexibility index (Phi) is 6.35. The van der Waals surface area contributed by atoms with E-state index in [2.05, 4.69) is 30.9 Å². The molecule has 0 bridgehead atoms. The van der Waals surface area contributed by atoms with Gasteiger partial charge in [-0.2, -0.15) is 0 Å². The fourth-order valence-electron chi connectivity index (χ4n) is 3.09. The summed E-state index contributed by atoms with van der Waals surface area (Å²) in [6.45, 7) is 7.14. The van der Waals surface area contributed by atoms with Gasteiger partial charge in [-0.15, -0.1) is 0 Å². The van der Waals surface area contributed by atoms with Crippen LogP contribution in [0.25, 0.3) is 0 Å². The molecule has 1 amide bonds. The molecule has 0 fully saturated rings. The first-order chi connectivity index (χ1) is 13.3. The summed E-state index contributed by atoms with van der Waals surface area (Å²) in [7, 11) is 0. The van der Waals surface area contributed by atoms with Crippen molar-refractivity contribution < 1.29 is 9.63 Å². The van der Waals surface area contributed by atoms with E-state index in [-0.39, 0.29) is 17.4 Å². The molecule has 1 aliphatic rings. The SMILES string of the molecule is CC(C)(C)CC(=O)N(Cc1ccccn1)CC1CC(c2ccc(Cl)cc2)=NO1. The van der Waals surface area contributed by atoms with E-state index in [1.165, 1.54) is 0 Å². The van der Waals surface area contributed by atoms with E-state index in [4.69, 9.17) is 16.4 Å². The Bertz CT molecular complexity index is 829. The van der Waals surface area contributed by atoms with E-state index in [1.807, 2.05) is 47.4 Å². The molecule has 0 radical (unpaired) electrons. The van der Waals surface area contributed by atoms with Crippen LogP contribution >= 0.6 is 11.6 Å². The Balaban J connectivity index is 1.67. The molecule has 1 aromatic carbocycles. The molecule has 0 spiro atoms. The molecule has 1 aliphatic heterocycles. The summed E-state index contributed by atoms with van der Waals surface area (Å²) < 4.78 is 0. The van der Waals surface area contributed by atoms with Crippen molar-refractivity contribution in [3.05, 3.63) is 64.9 Å². The number of oxime groups is 1. The highest BCUT2D eigenvalue weighted by Gasteiger charge is 2.28. The van der Waals surface area contributed by atoms with Crippen molar-refractivity contribution in [2.24, 2.45) is 10.6 Å². The first-order valence-electron chi connectivity index (χ1n) is 9.46. The number of benzene rings is 1. The summed E-state index contributed by atoms with van der Waals surface area (Å²) in [6, 6.07) is 13.3. The van der Waals surface area contributed by atoms with Crippen LogP contribution in [0.5, 0.6) is 0 Å². The molecule has 0 aliphatic carbocycles. The maximum Gasteiger partial charge on any atom is 0.223 e. The minimum atomic E-state index is -0.168. The van der Waals surface area contributed by atoms with Crippen molar-refractivity contribution in [3.8, 4) is 0 Å². The van der Waals surface area contributed by atoms with Crippen molar-refractivity contribution in [3.63, 3.8) is 0 Å². The lowest BCUT2D eigenvalue weighted by atomic mass is 9.91. The second-order valence-corrected chi connectivity index (χ2v) is 8.75. The molecule has 28 heavy (non-hydrogen) atoms. The largest absolute Gasteiger partial charge is 0.390 e. The summed E-state index contributed by atoms with van der Waals surface area (Å²) in [4.78, 5) is 24.8. The van der Waals surface area contributed by atoms with Gasteiger partial charge in [-0.3, -0.25) is 9.78 Å². The topological polar surface area (TPSA) is 54.8 Å². The van der Waals surface area contributed by atoms with Gasteiger partial charge in [0, 0.05) is 24.1 Å². The molecule has 5 nitrogen and oxygen atoms in total. The third-order valence-electron chi connectivity index (χ3n) is 4.45. The van der Waals surface area contributed by atoms with Gasteiger partial charge >= 0.3 is 0 Å². The average molecular weight is 400 g/mol. The van der Waals surface area contributed by atoms with Crippen LogP contribution in [0.2, 0.25) is 5.02 Å². The number of nitrogens with zero attached hydrogens (tertiary/aromatic N) is 3. The van der Waals surface area contributed by atoms with Gasteiger partial charge < -0.3 is 9.74 Å². The lowest BCUT2D eigenvalue weighted by Gasteiger charge is -2.28. The number of rotatable bonds is 6. The van der Waals surface area contributed by atoms with E-state index in [9.17, 15) is 4.79 Å². The van der Waals surface area contributed by atoms with Crippen LogP contribution in [-0.2, 0) is 16.2 Å². The zero-order valence-electron chi connectivity index (χ0n) is 16.6. The second kappa shape index (κ2) is 8.74. The number of aromatic nitrogens is 1. The molecule has 2 heterocycles. The summed E-state index contributed by atoms with van der Waals surface area (Å²) in [5.41, 5.74) is 2.65. The van der Waals surface area contributed by atoms with Crippen molar-refractivity contribution >= 4 is 23.2 Å². The summed E-state index contributed by atoms with van der Waals surface area (Å²) >= 11 is 5.96. The molecule has 0 saturated carbocycles. The molecule has 0 saturated heterocycles. The summed E-state index contributed by atoms with van der Waals surface area (Å²) in [6.07, 6.45) is 2.70. The van der Waals surface area contributed by atoms with E-state index in [0.717, 1.165) is 17.0 Å². The Morgan fingerprint density at radius 1 is 1.21 bits per heavy atom. The molecular formula is C22H26ClN3O2. The van der Waals surface area contributed by atoms with Gasteiger partial charge in [-0.25, -0.2) is 0 Å². The number of carbonyl (C=O) groups excluding carboxylic acids is 1. The fourth-order valence-corrected chi connectivity index (χ4v) is 3.22. The average Bonchev–Trinajstić information content (AvgIpc) is 3.10. The highest BCUT2D eigenvalue weighted by atomic mass is 35.5. The number of hydrogen-bond acceptors (Lipinski definition) is 4. The summed E-state index contributed by atoms with van der Waals surface area (Å²) in [5, 5.41) is 4.92. The molecular weight excluding hydrogens is 374 g/mol. The number of amides is 1. The highest BCUT2D eigenvalue weighted by molar-refractivity contribution is 6.30. The Morgan fingerprint density at radius 2 is 1.96 bits per heavy atom. The number of carbonyl (C=O) groups is 1. The van der Waals surface area contributed by atoms with Gasteiger partial charge in [-0.05, 0) is 35.2 Å². The van der Waals surface area contributed by atoms with Crippen molar-refractivity contribution in [2.45, 2.75) is 46.3 Å². The molecule has 1 atom stereocenters. The summed E-state index contributed by atoms with van der Waals surface area (Å²) in [5.74, 6) is 0.0988. The van der Waals surface area contributed by atoms with Crippen LogP contribution in [0, 0.1) is 5.41 Å². The van der Waals surface area contributed by atoms with Crippen LogP contribution in [-0.4, -0.2) is 34.2 Å². The van der Waals surface area contributed by atoms with E-state index in [1.54, 1.807) is 6.20 Å². The molecule has 1 aromatic heterocycles. The van der Waals surface area contributed by atoms with Gasteiger partial charge in [0.1, 0.15) is 0 Å². The van der Waals surface area contributed by atoms with Gasteiger partial charge in [0.25, 0.3) is 0 Å². The maximum absolute atomic E-state index is 12.9. The second-order valence-electron chi connectivity index (χ2n) is 8.31. The molecule has 2 aromatic rings. The minimum Gasteiger partial charge on any atom is -0.390 e. The van der Waals surface area contributed by atoms with Crippen LogP contribution in [0.15, 0.2) is 53.8 Å². The van der Waals surface area contributed by atoms with Crippen LogP contribution in [0.3, 0.4) is 0 Å². The van der Waals surface area contributed by atoms with E-state index < -0.39 is 0 Å². The Labute approximate surface area is 171 Å². The highest BCUT2D eigenvalue weighted by Crippen LogP contribution is 2.23. The van der Waals surface area contributed by atoms with Crippen molar-refractivity contribution in [1.82, 2.24) is 9.88 Å². The van der Waals surface area contributed by atoms with Crippen molar-refractivity contribution in [2.75, 3.05) is 6.54 Å². The zero-order chi connectivity index (χ0) is 20.1. The van der Waals surface area contributed by atoms with Crippen LogP contribution in [0.4, 0.5) is 0 Å². The first-order valence-corrected chi connectivity index (χ1v) is 9.84. The van der Waals surface area contributed by atoms with Gasteiger partial charge in [-0.1, -0.05) is 55.7 Å². The van der Waals surface area contributed by atoms with Gasteiger partial charge in [0.15, 0.2) is 6.10 Å². The van der Waals surface area contributed by atoms with Gasteiger partial charge in [0.05, 0.1) is 24.5 Å². The molecule has 3 rings (SSSR count). The quantitative estimate of drug-likeness (QED) is 0.707. The normalized spacial score (nSPS) is 16.4. The Hall–Kier alpha value is -2.40. The third-order valence-corrected chi connectivity index (χ3v) is 4.70. The monoisotopic (exact) mass is 399 g/mol. The molecule has 6 heteroatoms. The number of hydrogen-bond donors (Lipinski definition) is 0. The van der Waals surface area contributed by atoms with E-state index in [0.29, 0.717) is 31.0 Å². The molecule has 148 valence electrons. The van der Waals surface area contributed by atoms with Crippen LogP contribution < -0.4 is 0 Å². The smallest absolute Gasteiger partial charge is 0.223 e. The number of pyridine rings is 1. The third kappa shape index (κ3) is 5.80. The lowest BCUT2D eigenvalue weighted by Crippen LogP contribution is -2.39. The van der Waals surface area contributed by atoms with Crippen LogP contribution in [0.1, 0.15) is 44.9 Å². The fraction of sp³-hybridized carbons (Fsp3) is 0.409. The minimum absolute atomic E-state index is 0.0824. The number of halogens is 1. The van der Waals surface area contributed by atoms with Crippen molar-refractivity contribution in [1.29, 1.82) is 0 Å². The maximum atomic E-state index is 12.9. The first kappa shape index (κ1) is 20.3. The zero-order valence-corrected chi connectivity index (χ0v) is 17.3. The molecule has 0 N–H and O–H groups in total. The standard InChI is InChI=1S/C22H26ClN3O2/c1-22(2,3)13-21(27)26(14-18-6-4-5-11-24-18)15-19-12-20(25-28-19)16-7-9-17(23)10-8-16/h4-11,19H,12-15H2,1-3H3.